The fraction of sp³-hybridized carbons (Fsp3) is 0.643. The molecule has 3 nitrogen and oxygen atoms in total. The van der Waals surface area contributed by atoms with Crippen LogP contribution in [-0.2, 0) is 11.3 Å². The van der Waals surface area contributed by atoms with E-state index in [9.17, 15) is 0 Å². The van der Waals surface area contributed by atoms with E-state index in [1.54, 1.807) is 0 Å². The van der Waals surface area contributed by atoms with Gasteiger partial charge in [0.05, 0.1) is 18.4 Å². The van der Waals surface area contributed by atoms with Crippen molar-refractivity contribution in [3.8, 4) is 0 Å². The van der Waals surface area contributed by atoms with Gasteiger partial charge in [-0.3, -0.25) is 0 Å². The summed E-state index contributed by atoms with van der Waals surface area (Å²) in [5.41, 5.74) is 1.02. The zero-order chi connectivity index (χ0) is 12.3. The third-order valence-electron chi connectivity index (χ3n) is 3.10. The third-order valence-corrected chi connectivity index (χ3v) is 3.10. The van der Waals surface area contributed by atoms with Crippen molar-refractivity contribution in [2.75, 3.05) is 18.0 Å². The quantitative estimate of drug-likeness (QED) is 0.801. The van der Waals surface area contributed by atoms with Crippen LogP contribution in [-0.4, -0.2) is 24.2 Å². The Morgan fingerprint density at radius 1 is 1.47 bits per heavy atom. The van der Waals surface area contributed by atoms with Gasteiger partial charge in [0.15, 0.2) is 0 Å². The van der Waals surface area contributed by atoms with Crippen molar-refractivity contribution in [1.82, 2.24) is 4.98 Å². The first kappa shape index (κ1) is 12.4. The minimum absolute atomic E-state index is 0.257. The molecule has 1 aliphatic heterocycles. The van der Waals surface area contributed by atoms with Gasteiger partial charge < -0.3 is 9.64 Å². The molecule has 94 valence electrons. The maximum absolute atomic E-state index is 5.59. The minimum atomic E-state index is 0.257. The van der Waals surface area contributed by atoms with Crippen LogP contribution in [0.5, 0.6) is 0 Å². The maximum Gasteiger partial charge on any atom is 0.128 e. The van der Waals surface area contributed by atoms with E-state index < -0.39 is 0 Å². The Morgan fingerprint density at radius 2 is 2.29 bits per heavy atom. The van der Waals surface area contributed by atoms with Gasteiger partial charge in [-0.05, 0) is 38.3 Å². The summed E-state index contributed by atoms with van der Waals surface area (Å²) in [5, 5.41) is 0. The number of hydrogen-bond donors (Lipinski definition) is 0. The van der Waals surface area contributed by atoms with Crippen LogP contribution in [0.15, 0.2) is 18.2 Å². The number of rotatable bonds is 4. The predicted octanol–water partition coefficient (Wildman–Crippen LogP) is 2.85. The van der Waals surface area contributed by atoms with E-state index in [2.05, 4.69) is 28.9 Å². The highest BCUT2D eigenvalue weighted by molar-refractivity contribution is 5.40. The van der Waals surface area contributed by atoms with E-state index in [4.69, 9.17) is 4.74 Å². The molecule has 3 heteroatoms. The van der Waals surface area contributed by atoms with Crippen LogP contribution in [0.4, 0.5) is 5.82 Å². The van der Waals surface area contributed by atoms with Gasteiger partial charge in [-0.25, -0.2) is 4.98 Å². The number of hydrogen-bond acceptors (Lipinski definition) is 3. The smallest absolute Gasteiger partial charge is 0.128 e. The van der Waals surface area contributed by atoms with Gasteiger partial charge in [0.2, 0.25) is 0 Å². The summed E-state index contributed by atoms with van der Waals surface area (Å²) in [4.78, 5) is 7.03. The minimum Gasteiger partial charge on any atom is -0.373 e. The van der Waals surface area contributed by atoms with Gasteiger partial charge in [0.1, 0.15) is 5.82 Å². The molecule has 0 bridgehead atoms. The molecule has 1 aromatic rings. The van der Waals surface area contributed by atoms with Gasteiger partial charge in [-0.2, -0.15) is 0 Å². The number of pyridine rings is 1. The fourth-order valence-corrected chi connectivity index (χ4v) is 2.12. The second-order valence-corrected chi connectivity index (χ2v) is 5.19. The van der Waals surface area contributed by atoms with Gasteiger partial charge >= 0.3 is 0 Å². The summed E-state index contributed by atoms with van der Waals surface area (Å²) in [6.45, 7) is 9.25. The molecule has 2 heterocycles. The van der Waals surface area contributed by atoms with Crippen molar-refractivity contribution < 1.29 is 4.74 Å². The van der Waals surface area contributed by atoms with Crippen molar-refractivity contribution in [3.63, 3.8) is 0 Å². The van der Waals surface area contributed by atoms with E-state index in [1.165, 1.54) is 6.42 Å². The molecule has 1 atom stereocenters. The van der Waals surface area contributed by atoms with Gasteiger partial charge in [0, 0.05) is 13.1 Å². The maximum atomic E-state index is 5.59. The van der Waals surface area contributed by atoms with Crippen LogP contribution in [0.3, 0.4) is 0 Å². The second-order valence-electron chi connectivity index (χ2n) is 5.19. The van der Waals surface area contributed by atoms with Crippen molar-refractivity contribution in [2.45, 2.75) is 39.9 Å². The Labute approximate surface area is 104 Å². The summed E-state index contributed by atoms with van der Waals surface area (Å²) >= 11 is 0. The number of ether oxygens (including phenoxy) is 1. The zero-order valence-corrected chi connectivity index (χ0v) is 11.0. The summed E-state index contributed by atoms with van der Waals surface area (Å²) in [6, 6.07) is 6.20. The lowest BCUT2D eigenvalue weighted by Gasteiger charge is -2.17. The lowest BCUT2D eigenvalue weighted by molar-refractivity contribution is 0.0636. The summed E-state index contributed by atoms with van der Waals surface area (Å²) in [5.74, 6) is 1.88. The number of aromatic nitrogens is 1. The summed E-state index contributed by atoms with van der Waals surface area (Å²) in [6.07, 6.45) is 1.53. The third kappa shape index (κ3) is 3.43. The topological polar surface area (TPSA) is 25.4 Å². The largest absolute Gasteiger partial charge is 0.373 e. The van der Waals surface area contributed by atoms with Crippen molar-refractivity contribution in [2.24, 2.45) is 5.92 Å². The number of nitrogens with zero attached hydrogens (tertiary/aromatic N) is 2. The molecule has 1 aliphatic rings. The zero-order valence-electron chi connectivity index (χ0n) is 11.0. The lowest BCUT2D eigenvalue weighted by atomic mass is 10.2. The van der Waals surface area contributed by atoms with E-state index in [0.717, 1.165) is 30.5 Å². The van der Waals surface area contributed by atoms with Crippen molar-refractivity contribution in [3.05, 3.63) is 23.9 Å². The summed E-state index contributed by atoms with van der Waals surface area (Å²) < 4.78 is 5.59. The van der Waals surface area contributed by atoms with Crippen LogP contribution in [0.1, 0.15) is 32.9 Å². The first-order valence-electron chi connectivity index (χ1n) is 6.47. The molecule has 2 rings (SSSR count). The molecule has 0 radical (unpaired) electrons. The number of anilines is 1. The molecule has 0 aromatic carbocycles. The normalized spacial score (nSPS) is 20.2. The van der Waals surface area contributed by atoms with Gasteiger partial charge in [0.25, 0.3) is 0 Å². The molecule has 1 saturated heterocycles. The van der Waals surface area contributed by atoms with Crippen molar-refractivity contribution in [1.29, 1.82) is 0 Å². The molecule has 17 heavy (non-hydrogen) atoms. The van der Waals surface area contributed by atoms with E-state index >= 15 is 0 Å². The molecular weight excluding hydrogens is 212 g/mol. The highest BCUT2D eigenvalue weighted by atomic mass is 16.5. The van der Waals surface area contributed by atoms with Gasteiger partial charge in [-0.1, -0.05) is 13.0 Å². The van der Waals surface area contributed by atoms with E-state index in [-0.39, 0.29) is 6.10 Å². The van der Waals surface area contributed by atoms with Crippen LogP contribution in [0.2, 0.25) is 0 Å². The molecule has 0 saturated carbocycles. The Kier molecular flexibility index (Phi) is 4.00. The molecule has 1 fully saturated rings. The highest BCUT2D eigenvalue weighted by Crippen LogP contribution is 2.21. The molecule has 1 unspecified atom stereocenters. The monoisotopic (exact) mass is 234 g/mol. The molecular formula is C14H22N2O. The Hall–Kier alpha value is -1.09. The lowest BCUT2D eigenvalue weighted by Crippen LogP contribution is -2.20. The molecule has 1 aromatic heterocycles. The van der Waals surface area contributed by atoms with Crippen LogP contribution in [0, 0.1) is 5.92 Å². The first-order chi connectivity index (χ1) is 8.15. The Bertz CT molecular complexity index is 365. The molecule has 0 N–H and O–H groups in total. The second kappa shape index (κ2) is 5.50. The average molecular weight is 234 g/mol. The first-order valence-corrected chi connectivity index (χ1v) is 6.47. The summed E-state index contributed by atoms with van der Waals surface area (Å²) in [7, 11) is 0. The molecule has 0 spiro atoms. The molecule has 0 amide bonds. The average Bonchev–Trinajstić information content (AvgIpc) is 2.74. The van der Waals surface area contributed by atoms with Crippen LogP contribution >= 0.6 is 0 Å². The Balaban J connectivity index is 2.01. The van der Waals surface area contributed by atoms with Crippen LogP contribution in [0.25, 0.3) is 0 Å². The Morgan fingerprint density at radius 3 is 2.94 bits per heavy atom. The van der Waals surface area contributed by atoms with Crippen LogP contribution < -0.4 is 4.90 Å². The van der Waals surface area contributed by atoms with Crippen molar-refractivity contribution >= 4 is 5.82 Å². The van der Waals surface area contributed by atoms with E-state index in [1.807, 2.05) is 19.9 Å². The SMILES string of the molecule is CC1CCN(c2cccc(COC(C)C)n2)C1. The van der Waals surface area contributed by atoms with Gasteiger partial charge in [-0.15, -0.1) is 0 Å². The highest BCUT2D eigenvalue weighted by Gasteiger charge is 2.19. The predicted molar refractivity (Wildman–Crippen MR) is 70.2 cm³/mol. The molecule has 0 aliphatic carbocycles. The van der Waals surface area contributed by atoms with E-state index in [0.29, 0.717) is 6.61 Å². The standard InChI is InChI=1S/C14H22N2O/c1-11(2)17-10-13-5-4-6-14(15-13)16-8-7-12(3)9-16/h4-6,11-12H,7-10H2,1-3H3. The fourth-order valence-electron chi connectivity index (χ4n) is 2.12.